The fourth-order valence-corrected chi connectivity index (χ4v) is 2.33. The van der Waals surface area contributed by atoms with Crippen LogP contribution in [0.4, 0.5) is 0 Å². The van der Waals surface area contributed by atoms with Gasteiger partial charge in [0.15, 0.2) is 0 Å². The molecule has 0 saturated carbocycles. The predicted molar refractivity (Wildman–Crippen MR) is 81.6 cm³/mol. The highest BCUT2D eigenvalue weighted by Gasteiger charge is 2.18. The lowest BCUT2D eigenvalue weighted by Gasteiger charge is -2.14. The number of carbonyl (C=O) groups is 2. The number of hydrogen-bond donors (Lipinski definition) is 2. The molecule has 0 aliphatic rings. The van der Waals surface area contributed by atoms with E-state index in [0.717, 1.165) is 22.9 Å². The van der Waals surface area contributed by atoms with Crippen LogP contribution in [0.3, 0.4) is 0 Å². The summed E-state index contributed by atoms with van der Waals surface area (Å²) in [5.41, 5.74) is 1.05. The van der Waals surface area contributed by atoms with Gasteiger partial charge in [0.1, 0.15) is 6.04 Å². The van der Waals surface area contributed by atoms with Crippen LogP contribution >= 0.6 is 15.9 Å². The number of halogens is 1. The number of hydrogen-bond acceptors (Lipinski definition) is 2. The standard InChI is InChI=1S/C15H20BrNO3/c1-2-3-7-13(15(19)20)17-14(18)9-8-11-5-4-6-12(16)10-11/h4-6,10,13H,2-3,7-9H2,1H3,(H,17,18)(H,19,20). The van der Waals surface area contributed by atoms with Gasteiger partial charge in [0, 0.05) is 10.9 Å². The van der Waals surface area contributed by atoms with E-state index in [4.69, 9.17) is 5.11 Å². The second-order valence-electron chi connectivity index (χ2n) is 4.73. The average Bonchev–Trinajstić information content (AvgIpc) is 2.41. The maximum Gasteiger partial charge on any atom is 0.326 e. The predicted octanol–water partition coefficient (Wildman–Crippen LogP) is 3.14. The number of carboxylic acid groups (broad SMARTS) is 1. The zero-order valence-corrected chi connectivity index (χ0v) is 13.1. The molecule has 0 heterocycles. The summed E-state index contributed by atoms with van der Waals surface area (Å²) in [6.07, 6.45) is 3.09. The second kappa shape index (κ2) is 8.74. The zero-order valence-electron chi connectivity index (χ0n) is 11.6. The molecule has 1 aromatic carbocycles. The summed E-state index contributed by atoms with van der Waals surface area (Å²) in [5, 5.41) is 11.6. The summed E-state index contributed by atoms with van der Waals surface area (Å²) < 4.78 is 0.974. The molecule has 20 heavy (non-hydrogen) atoms. The molecular formula is C15H20BrNO3. The monoisotopic (exact) mass is 341 g/mol. The lowest BCUT2D eigenvalue weighted by atomic mass is 10.1. The van der Waals surface area contributed by atoms with Gasteiger partial charge in [-0.1, -0.05) is 47.8 Å². The Morgan fingerprint density at radius 3 is 2.75 bits per heavy atom. The molecule has 0 aliphatic heterocycles. The number of nitrogens with one attached hydrogen (secondary N) is 1. The van der Waals surface area contributed by atoms with Crippen molar-refractivity contribution < 1.29 is 14.7 Å². The zero-order chi connectivity index (χ0) is 15.0. The van der Waals surface area contributed by atoms with E-state index in [1.54, 1.807) is 0 Å². The minimum absolute atomic E-state index is 0.214. The van der Waals surface area contributed by atoms with E-state index in [2.05, 4.69) is 21.2 Å². The van der Waals surface area contributed by atoms with E-state index < -0.39 is 12.0 Å². The Morgan fingerprint density at radius 2 is 2.15 bits per heavy atom. The molecule has 0 saturated heterocycles. The first-order valence-electron chi connectivity index (χ1n) is 6.79. The largest absolute Gasteiger partial charge is 0.480 e. The van der Waals surface area contributed by atoms with Crippen molar-refractivity contribution in [3.05, 3.63) is 34.3 Å². The molecule has 1 rings (SSSR count). The Hall–Kier alpha value is -1.36. The molecule has 0 spiro atoms. The quantitative estimate of drug-likeness (QED) is 0.763. The fourth-order valence-electron chi connectivity index (χ4n) is 1.88. The van der Waals surface area contributed by atoms with Crippen LogP contribution in [0.2, 0.25) is 0 Å². The summed E-state index contributed by atoms with van der Waals surface area (Å²) in [6.45, 7) is 1.99. The van der Waals surface area contributed by atoms with Crippen LogP contribution in [0.15, 0.2) is 28.7 Å². The van der Waals surface area contributed by atoms with Crippen LogP contribution in [0.25, 0.3) is 0 Å². The van der Waals surface area contributed by atoms with Crippen molar-refractivity contribution in [2.75, 3.05) is 0 Å². The number of unbranched alkanes of at least 4 members (excludes halogenated alkanes) is 1. The van der Waals surface area contributed by atoms with Gasteiger partial charge in [0.2, 0.25) is 5.91 Å². The van der Waals surface area contributed by atoms with Gasteiger partial charge < -0.3 is 10.4 Å². The SMILES string of the molecule is CCCCC(NC(=O)CCc1cccc(Br)c1)C(=O)O. The number of benzene rings is 1. The van der Waals surface area contributed by atoms with Crippen LogP contribution in [-0.4, -0.2) is 23.0 Å². The Morgan fingerprint density at radius 1 is 1.40 bits per heavy atom. The number of rotatable bonds is 8. The van der Waals surface area contributed by atoms with Gasteiger partial charge in [-0.2, -0.15) is 0 Å². The first-order chi connectivity index (χ1) is 9.52. The van der Waals surface area contributed by atoms with Crippen molar-refractivity contribution in [2.45, 2.75) is 45.1 Å². The van der Waals surface area contributed by atoms with Crippen molar-refractivity contribution in [1.29, 1.82) is 0 Å². The van der Waals surface area contributed by atoms with Gasteiger partial charge in [0.25, 0.3) is 0 Å². The highest BCUT2D eigenvalue weighted by atomic mass is 79.9. The first-order valence-corrected chi connectivity index (χ1v) is 7.59. The molecule has 1 aromatic rings. The summed E-state index contributed by atoms with van der Waals surface area (Å²) in [4.78, 5) is 22.8. The highest BCUT2D eigenvalue weighted by molar-refractivity contribution is 9.10. The number of carbonyl (C=O) groups excluding carboxylic acids is 1. The van der Waals surface area contributed by atoms with Crippen molar-refractivity contribution in [2.24, 2.45) is 0 Å². The molecule has 4 nitrogen and oxygen atoms in total. The molecule has 1 amide bonds. The molecule has 0 aromatic heterocycles. The third-order valence-electron chi connectivity index (χ3n) is 3.01. The Labute approximate surface area is 127 Å². The molecule has 0 fully saturated rings. The highest BCUT2D eigenvalue weighted by Crippen LogP contribution is 2.13. The third kappa shape index (κ3) is 6.19. The second-order valence-corrected chi connectivity index (χ2v) is 5.65. The lowest BCUT2D eigenvalue weighted by molar-refractivity contribution is -0.142. The van der Waals surface area contributed by atoms with Crippen molar-refractivity contribution in [3.8, 4) is 0 Å². The van der Waals surface area contributed by atoms with E-state index in [0.29, 0.717) is 19.3 Å². The summed E-state index contributed by atoms with van der Waals surface area (Å²) >= 11 is 3.38. The van der Waals surface area contributed by atoms with Crippen molar-refractivity contribution >= 4 is 27.8 Å². The Kier molecular flexibility index (Phi) is 7.30. The van der Waals surface area contributed by atoms with Gasteiger partial charge in [-0.05, 0) is 30.5 Å². The molecule has 0 aliphatic carbocycles. The van der Waals surface area contributed by atoms with E-state index in [1.807, 2.05) is 31.2 Å². The van der Waals surface area contributed by atoms with Gasteiger partial charge in [0.05, 0.1) is 0 Å². The smallest absolute Gasteiger partial charge is 0.326 e. The molecular weight excluding hydrogens is 322 g/mol. The minimum Gasteiger partial charge on any atom is -0.480 e. The molecule has 1 atom stereocenters. The number of aliphatic carboxylic acids is 1. The van der Waals surface area contributed by atoms with Crippen LogP contribution in [0, 0.1) is 0 Å². The van der Waals surface area contributed by atoms with Crippen LogP contribution in [-0.2, 0) is 16.0 Å². The summed E-state index contributed by atoms with van der Waals surface area (Å²) in [7, 11) is 0. The van der Waals surface area contributed by atoms with Crippen LogP contribution < -0.4 is 5.32 Å². The molecule has 0 radical (unpaired) electrons. The van der Waals surface area contributed by atoms with Crippen LogP contribution in [0.5, 0.6) is 0 Å². The minimum atomic E-state index is -0.964. The van der Waals surface area contributed by atoms with Gasteiger partial charge in [-0.15, -0.1) is 0 Å². The number of amides is 1. The van der Waals surface area contributed by atoms with Gasteiger partial charge in [-0.25, -0.2) is 4.79 Å². The molecule has 0 bridgehead atoms. The maximum absolute atomic E-state index is 11.8. The molecule has 5 heteroatoms. The Balaban J connectivity index is 2.43. The van der Waals surface area contributed by atoms with E-state index in [-0.39, 0.29) is 5.91 Å². The third-order valence-corrected chi connectivity index (χ3v) is 3.50. The normalized spacial score (nSPS) is 11.9. The first kappa shape index (κ1) is 16.7. The fraction of sp³-hybridized carbons (Fsp3) is 0.467. The average molecular weight is 342 g/mol. The number of aryl methyl sites for hydroxylation is 1. The number of carboxylic acids is 1. The summed E-state index contributed by atoms with van der Waals surface area (Å²) in [6, 6.07) is 6.97. The van der Waals surface area contributed by atoms with Gasteiger partial charge in [-0.3, -0.25) is 4.79 Å². The van der Waals surface area contributed by atoms with Gasteiger partial charge >= 0.3 is 5.97 Å². The van der Waals surface area contributed by atoms with Crippen molar-refractivity contribution in [3.63, 3.8) is 0 Å². The van der Waals surface area contributed by atoms with Crippen molar-refractivity contribution in [1.82, 2.24) is 5.32 Å². The molecule has 110 valence electrons. The summed E-state index contributed by atoms with van der Waals surface area (Å²) in [5.74, 6) is -1.18. The Bertz CT molecular complexity index is 462. The topological polar surface area (TPSA) is 66.4 Å². The van der Waals surface area contributed by atoms with E-state index in [9.17, 15) is 9.59 Å². The van der Waals surface area contributed by atoms with E-state index >= 15 is 0 Å². The molecule has 1 unspecified atom stereocenters. The lowest BCUT2D eigenvalue weighted by Crippen LogP contribution is -2.40. The van der Waals surface area contributed by atoms with E-state index in [1.165, 1.54) is 0 Å². The molecule has 2 N–H and O–H groups in total. The van der Waals surface area contributed by atoms with Crippen LogP contribution in [0.1, 0.15) is 38.2 Å². The maximum atomic E-state index is 11.8.